The smallest absolute Gasteiger partial charge is 0.331 e. The minimum absolute atomic E-state index is 0.0971. The zero-order valence-corrected chi connectivity index (χ0v) is 16.3. The van der Waals surface area contributed by atoms with E-state index in [4.69, 9.17) is 0 Å². The lowest BCUT2D eigenvalue weighted by atomic mass is 10.00. The van der Waals surface area contributed by atoms with E-state index < -0.39 is 17.8 Å². The Bertz CT molecular complexity index is 1040. The van der Waals surface area contributed by atoms with Crippen molar-refractivity contribution in [3.63, 3.8) is 0 Å². The van der Waals surface area contributed by atoms with Crippen LogP contribution in [0.2, 0.25) is 0 Å². The standard InChI is InChI=1S/C22H21F3N4O/c1-14-5-6-16(11-19(14)29-10-9-26-13-29)20(15-7-8-15)28-21(30)27-18-4-2-3-17(12-18)22(23,24)25/h2-6,9-13,15,20H,7-8H2,1H3,(H2,27,28,30). The molecule has 1 aliphatic carbocycles. The van der Waals surface area contributed by atoms with Crippen LogP contribution in [-0.4, -0.2) is 15.6 Å². The van der Waals surface area contributed by atoms with Gasteiger partial charge in [0.15, 0.2) is 0 Å². The number of urea groups is 1. The van der Waals surface area contributed by atoms with Crippen LogP contribution in [-0.2, 0) is 6.18 Å². The van der Waals surface area contributed by atoms with Gasteiger partial charge < -0.3 is 15.2 Å². The van der Waals surface area contributed by atoms with E-state index in [1.807, 2.05) is 35.9 Å². The number of aromatic nitrogens is 2. The molecule has 3 aromatic rings. The van der Waals surface area contributed by atoms with Crippen LogP contribution < -0.4 is 10.6 Å². The second-order valence-corrected chi connectivity index (χ2v) is 7.51. The molecule has 1 aliphatic rings. The van der Waals surface area contributed by atoms with Gasteiger partial charge in [0.05, 0.1) is 17.9 Å². The van der Waals surface area contributed by atoms with Gasteiger partial charge in [-0.05, 0) is 61.1 Å². The maximum atomic E-state index is 12.9. The summed E-state index contributed by atoms with van der Waals surface area (Å²) in [4.78, 5) is 16.6. The molecule has 1 fully saturated rings. The third-order valence-electron chi connectivity index (χ3n) is 5.20. The molecule has 0 bridgehead atoms. The number of aryl methyl sites for hydroxylation is 1. The quantitative estimate of drug-likeness (QED) is 0.581. The molecule has 0 saturated heterocycles. The zero-order valence-electron chi connectivity index (χ0n) is 16.3. The molecule has 1 saturated carbocycles. The molecule has 156 valence electrons. The monoisotopic (exact) mass is 414 g/mol. The number of imidazole rings is 1. The van der Waals surface area contributed by atoms with Crippen molar-refractivity contribution < 1.29 is 18.0 Å². The summed E-state index contributed by atoms with van der Waals surface area (Å²) in [6, 6.07) is 9.84. The first-order chi connectivity index (χ1) is 14.3. The van der Waals surface area contributed by atoms with Gasteiger partial charge in [0, 0.05) is 23.8 Å². The van der Waals surface area contributed by atoms with E-state index in [0.717, 1.165) is 41.8 Å². The first kappa shape index (κ1) is 20.0. The maximum absolute atomic E-state index is 12.9. The average Bonchev–Trinajstić information content (AvgIpc) is 3.40. The summed E-state index contributed by atoms with van der Waals surface area (Å²) >= 11 is 0. The molecule has 0 radical (unpaired) electrons. The van der Waals surface area contributed by atoms with E-state index in [2.05, 4.69) is 15.6 Å². The fourth-order valence-corrected chi connectivity index (χ4v) is 3.48. The summed E-state index contributed by atoms with van der Waals surface area (Å²) in [5.74, 6) is 0.301. The number of nitrogens with one attached hydrogen (secondary N) is 2. The van der Waals surface area contributed by atoms with Crippen molar-refractivity contribution in [1.82, 2.24) is 14.9 Å². The minimum atomic E-state index is -4.46. The van der Waals surface area contributed by atoms with Crippen LogP contribution in [0, 0.1) is 12.8 Å². The maximum Gasteiger partial charge on any atom is 0.416 e. The summed E-state index contributed by atoms with van der Waals surface area (Å²) in [5, 5.41) is 5.46. The van der Waals surface area contributed by atoms with Gasteiger partial charge in [-0.15, -0.1) is 0 Å². The highest BCUT2D eigenvalue weighted by molar-refractivity contribution is 5.89. The summed E-state index contributed by atoms with van der Waals surface area (Å²) in [5.41, 5.74) is 2.28. The Morgan fingerprint density at radius 3 is 2.67 bits per heavy atom. The molecule has 0 aliphatic heterocycles. The molecular formula is C22H21F3N4O. The van der Waals surface area contributed by atoms with Gasteiger partial charge in [-0.2, -0.15) is 13.2 Å². The Hall–Kier alpha value is -3.29. The summed E-state index contributed by atoms with van der Waals surface area (Å²) in [6.45, 7) is 2.00. The number of hydrogen-bond acceptors (Lipinski definition) is 2. The van der Waals surface area contributed by atoms with Gasteiger partial charge in [0.2, 0.25) is 0 Å². The molecule has 5 nitrogen and oxygen atoms in total. The van der Waals surface area contributed by atoms with Gasteiger partial charge in [0.1, 0.15) is 0 Å². The van der Waals surface area contributed by atoms with Crippen LogP contribution in [0.25, 0.3) is 5.69 Å². The number of hydrogen-bond donors (Lipinski definition) is 2. The molecule has 2 N–H and O–H groups in total. The van der Waals surface area contributed by atoms with E-state index in [1.54, 1.807) is 12.5 Å². The predicted octanol–water partition coefficient (Wildman–Crippen LogP) is 5.47. The molecule has 2 aromatic carbocycles. The number of carbonyl (C=O) groups excluding carboxylic acids is 1. The molecule has 1 heterocycles. The summed E-state index contributed by atoms with van der Waals surface area (Å²) < 4.78 is 40.6. The van der Waals surface area contributed by atoms with Crippen LogP contribution in [0.15, 0.2) is 61.2 Å². The Kier molecular flexibility index (Phi) is 5.24. The first-order valence-electron chi connectivity index (χ1n) is 9.65. The van der Waals surface area contributed by atoms with Crippen molar-refractivity contribution >= 4 is 11.7 Å². The molecular weight excluding hydrogens is 393 g/mol. The third-order valence-corrected chi connectivity index (χ3v) is 5.20. The van der Waals surface area contributed by atoms with Crippen molar-refractivity contribution in [3.8, 4) is 5.69 Å². The molecule has 1 aromatic heterocycles. The molecule has 30 heavy (non-hydrogen) atoms. The van der Waals surface area contributed by atoms with Crippen molar-refractivity contribution in [2.24, 2.45) is 5.92 Å². The molecule has 8 heteroatoms. The zero-order chi connectivity index (χ0) is 21.3. The summed E-state index contributed by atoms with van der Waals surface area (Å²) in [7, 11) is 0. The van der Waals surface area contributed by atoms with Crippen LogP contribution in [0.5, 0.6) is 0 Å². The number of anilines is 1. The number of rotatable bonds is 5. The van der Waals surface area contributed by atoms with Crippen molar-refractivity contribution in [1.29, 1.82) is 0 Å². The van der Waals surface area contributed by atoms with Crippen LogP contribution >= 0.6 is 0 Å². The van der Waals surface area contributed by atoms with Gasteiger partial charge in [-0.25, -0.2) is 9.78 Å². The van der Waals surface area contributed by atoms with Crippen LogP contribution in [0.1, 0.15) is 35.6 Å². The van der Waals surface area contributed by atoms with Crippen LogP contribution in [0.3, 0.4) is 0 Å². The lowest BCUT2D eigenvalue weighted by Gasteiger charge is -2.21. The highest BCUT2D eigenvalue weighted by Crippen LogP contribution is 2.41. The Labute approximate surface area is 171 Å². The lowest BCUT2D eigenvalue weighted by Crippen LogP contribution is -2.33. The van der Waals surface area contributed by atoms with E-state index in [-0.39, 0.29) is 11.7 Å². The number of alkyl halides is 3. The second kappa shape index (κ2) is 7.85. The van der Waals surface area contributed by atoms with Crippen molar-refractivity contribution in [3.05, 3.63) is 77.9 Å². The van der Waals surface area contributed by atoms with Gasteiger partial charge in [-0.1, -0.05) is 18.2 Å². The van der Waals surface area contributed by atoms with Crippen molar-refractivity contribution in [2.75, 3.05) is 5.32 Å². The average molecular weight is 414 g/mol. The molecule has 2 amide bonds. The second-order valence-electron chi connectivity index (χ2n) is 7.51. The van der Waals surface area contributed by atoms with E-state index in [1.165, 1.54) is 12.1 Å². The molecule has 1 unspecified atom stereocenters. The van der Waals surface area contributed by atoms with Gasteiger partial charge in [-0.3, -0.25) is 0 Å². The first-order valence-corrected chi connectivity index (χ1v) is 9.65. The molecule has 1 atom stereocenters. The van der Waals surface area contributed by atoms with Gasteiger partial charge >= 0.3 is 12.2 Å². The Balaban J connectivity index is 1.53. The highest BCUT2D eigenvalue weighted by Gasteiger charge is 2.34. The highest BCUT2D eigenvalue weighted by atomic mass is 19.4. The number of carbonyl (C=O) groups is 1. The number of nitrogens with zero attached hydrogens (tertiary/aromatic N) is 2. The molecule has 0 spiro atoms. The van der Waals surface area contributed by atoms with Crippen molar-refractivity contribution in [2.45, 2.75) is 32.0 Å². The van der Waals surface area contributed by atoms with E-state index in [0.29, 0.717) is 5.92 Å². The number of halogens is 3. The largest absolute Gasteiger partial charge is 0.416 e. The number of amides is 2. The fourth-order valence-electron chi connectivity index (χ4n) is 3.48. The number of benzene rings is 2. The fraction of sp³-hybridized carbons (Fsp3) is 0.273. The Morgan fingerprint density at radius 1 is 1.20 bits per heavy atom. The van der Waals surface area contributed by atoms with E-state index in [9.17, 15) is 18.0 Å². The lowest BCUT2D eigenvalue weighted by molar-refractivity contribution is -0.137. The SMILES string of the molecule is Cc1ccc(C(NC(=O)Nc2cccc(C(F)(F)F)c2)C2CC2)cc1-n1ccnc1. The van der Waals surface area contributed by atoms with Gasteiger partial charge in [0.25, 0.3) is 0 Å². The van der Waals surface area contributed by atoms with Crippen LogP contribution in [0.4, 0.5) is 23.7 Å². The molecule has 4 rings (SSSR count). The Morgan fingerprint density at radius 2 is 2.00 bits per heavy atom. The summed E-state index contributed by atoms with van der Waals surface area (Å²) in [6.07, 6.45) is 2.78. The minimum Gasteiger partial charge on any atom is -0.331 e. The van der Waals surface area contributed by atoms with E-state index >= 15 is 0 Å². The normalized spacial score (nSPS) is 14.9. The predicted molar refractivity (Wildman–Crippen MR) is 107 cm³/mol. The topological polar surface area (TPSA) is 59.0 Å². The third kappa shape index (κ3) is 4.48.